The maximum Gasteiger partial charge on any atom is 0.286 e. The minimum Gasteiger partial charge on any atom is -0.258 e. The van der Waals surface area contributed by atoms with Crippen LogP contribution in [-0.2, 0) is 5.33 Å². The fraction of sp³-hybridized carbons (Fsp3) is 0.286. The lowest BCUT2D eigenvalue weighted by atomic mass is 10.3. The number of pyridine rings is 1. The molecule has 0 saturated carbocycles. The smallest absolute Gasteiger partial charge is 0.258 e. The second-order valence-corrected chi connectivity index (χ2v) is 4.16. The highest BCUT2D eigenvalue weighted by Crippen LogP contribution is 2.30. The average molecular weight is 393 g/mol. The molecule has 0 bridgehead atoms. The molecule has 0 aliphatic carbocycles. The van der Waals surface area contributed by atoms with Gasteiger partial charge in [0.1, 0.15) is 9.26 Å². The van der Waals surface area contributed by atoms with Crippen LogP contribution in [0.5, 0.6) is 0 Å². The van der Waals surface area contributed by atoms with Crippen LogP contribution in [0.2, 0.25) is 0 Å². The van der Waals surface area contributed by atoms with E-state index in [0.717, 1.165) is 0 Å². The first-order valence-corrected chi connectivity index (χ1v) is 5.85. The highest BCUT2D eigenvalue weighted by Gasteiger charge is 2.23. The summed E-state index contributed by atoms with van der Waals surface area (Å²) >= 11 is 4.52. The Hall–Kier alpha value is -0.380. The van der Waals surface area contributed by atoms with E-state index in [0.29, 0.717) is 0 Å². The Morgan fingerprint density at radius 3 is 2.67 bits per heavy atom. The number of halogens is 4. The topological polar surface area (TPSA) is 56.0 Å². The molecule has 0 spiro atoms. The average Bonchev–Trinajstić information content (AvgIpc) is 2.17. The van der Waals surface area contributed by atoms with Crippen molar-refractivity contribution in [1.82, 2.24) is 4.98 Å². The Bertz CT molecular complexity index is 403. The molecule has 1 aromatic heterocycles. The minimum atomic E-state index is -2.81. The van der Waals surface area contributed by atoms with E-state index in [1.165, 1.54) is 28.7 Å². The van der Waals surface area contributed by atoms with Crippen molar-refractivity contribution >= 4 is 44.2 Å². The zero-order valence-corrected chi connectivity index (χ0v) is 10.8. The maximum atomic E-state index is 12.5. The van der Waals surface area contributed by atoms with Crippen LogP contribution in [-0.4, -0.2) is 9.91 Å². The van der Waals surface area contributed by atoms with Crippen LogP contribution >= 0.6 is 38.5 Å². The van der Waals surface area contributed by atoms with Gasteiger partial charge in [-0.2, -0.15) is 0 Å². The molecule has 0 radical (unpaired) electrons. The van der Waals surface area contributed by atoms with Crippen molar-refractivity contribution in [3.8, 4) is 0 Å². The van der Waals surface area contributed by atoms with Gasteiger partial charge in [0.05, 0.1) is 10.6 Å². The normalized spacial score (nSPS) is 10.7. The molecular weight excluding hydrogens is 389 g/mol. The molecule has 0 fully saturated rings. The molecule has 0 atom stereocenters. The summed E-state index contributed by atoms with van der Waals surface area (Å²) in [6, 6.07) is 1.18. The third kappa shape index (κ3) is 2.80. The van der Waals surface area contributed by atoms with Crippen LogP contribution in [0.15, 0.2) is 6.07 Å². The third-order valence-corrected chi connectivity index (χ3v) is 3.24. The first kappa shape index (κ1) is 12.7. The van der Waals surface area contributed by atoms with Crippen LogP contribution in [0.1, 0.15) is 17.8 Å². The molecule has 1 heterocycles. The van der Waals surface area contributed by atoms with Gasteiger partial charge in [0.2, 0.25) is 0 Å². The molecule has 0 N–H and O–H groups in total. The van der Waals surface area contributed by atoms with E-state index in [2.05, 4.69) is 20.9 Å². The molecule has 15 heavy (non-hydrogen) atoms. The second kappa shape index (κ2) is 5.10. The molecule has 82 valence electrons. The molecule has 1 rings (SSSR count). The number of alkyl halides is 3. The fourth-order valence-corrected chi connectivity index (χ4v) is 1.93. The van der Waals surface area contributed by atoms with Gasteiger partial charge in [-0.15, -0.1) is 0 Å². The molecule has 4 nitrogen and oxygen atoms in total. The fourth-order valence-electron chi connectivity index (χ4n) is 0.934. The number of aromatic nitrogens is 1. The molecule has 0 aromatic carbocycles. The lowest BCUT2D eigenvalue weighted by Gasteiger charge is -2.05. The lowest BCUT2D eigenvalue weighted by Crippen LogP contribution is -2.03. The summed E-state index contributed by atoms with van der Waals surface area (Å²) in [5, 5.41) is 10.8. The van der Waals surface area contributed by atoms with E-state index in [-0.39, 0.29) is 20.3 Å². The molecule has 0 saturated heterocycles. The van der Waals surface area contributed by atoms with Crippen LogP contribution in [0, 0.1) is 13.7 Å². The monoisotopic (exact) mass is 392 g/mol. The molecule has 0 aliphatic rings. The summed E-state index contributed by atoms with van der Waals surface area (Å²) in [7, 11) is 0. The standard InChI is InChI=1S/C7H4BrF2IN2O2/c8-2-3-1-4(13(14)15)5(11)6(12-3)7(9)10/h1,7H,2H2. The highest BCUT2D eigenvalue weighted by molar-refractivity contribution is 14.1. The van der Waals surface area contributed by atoms with Crippen molar-refractivity contribution in [3.05, 3.63) is 31.1 Å². The SMILES string of the molecule is O=[N+]([O-])c1cc(CBr)nc(C(F)F)c1I. The van der Waals surface area contributed by atoms with Crippen molar-refractivity contribution < 1.29 is 13.7 Å². The number of nitro groups is 1. The Labute approximate surface area is 105 Å². The van der Waals surface area contributed by atoms with Crippen molar-refractivity contribution in [1.29, 1.82) is 0 Å². The van der Waals surface area contributed by atoms with Crippen molar-refractivity contribution in [2.75, 3.05) is 0 Å². The molecule has 0 aliphatic heterocycles. The number of hydrogen-bond acceptors (Lipinski definition) is 3. The van der Waals surface area contributed by atoms with E-state index in [1.807, 2.05) is 0 Å². The van der Waals surface area contributed by atoms with Gasteiger partial charge >= 0.3 is 0 Å². The van der Waals surface area contributed by atoms with Gasteiger partial charge in [-0.1, -0.05) is 15.9 Å². The van der Waals surface area contributed by atoms with Gasteiger partial charge in [0, 0.05) is 11.4 Å². The summed E-state index contributed by atoms with van der Waals surface area (Å²) in [5.41, 5.74) is -0.660. The number of rotatable bonds is 3. The van der Waals surface area contributed by atoms with Crippen molar-refractivity contribution in [2.45, 2.75) is 11.8 Å². The van der Waals surface area contributed by atoms with Crippen molar-refractivity contribution in [2.24, 2.45) is 0 Å². The molecule has 1 aromatic rings. The van der Waals surface area contributed by atoms with Gasteiger partial charge in [0.15, 0.2) is 0 Å². The van der Waals surface area contributed by atoms with E-state index in [9.17, 15) is 18.9 Å². The summed E-state index contributed by atoms with van der Waals surface area (Å²) in [4.78, 5) is 13.5. The first-order valence-electron chi connectivity index (χ1n) is 3.65. The molecule has 0 amide bonds. The van der Waals surface area contributed by atoms with Crippen LogP contribution in [0.4, 0.5) is 14.5 Å². The lowest BCUT2D eigenvalue weighted by molar-refractivity contribution is -0.386. The van der Waals surface area contributed by atoms with Crippen LogP contribution < -0.4 is 0 Å². The van der Waals surface area contributed by atoms with Gasteiger partial charge < -0.3 is 0 Å². The summed E-state index contributed by atoms with van der Waals surface area (Å²) in [6.07, 6.45) is -2.81. The van der Waals surface area contributed by atoms with Gasteiger partial charge in [0.25, 0.3) is 12.1 Å². The predicted molar refractivity (Wildman–Crippen MR) is 61.2 cm³/mol. The second-order valence-electron chi connectivity index (χ2n) is 2.52. The minimum absolute atomic E-state index is 0.114. The third-order valence-electron chi connectivity index (χ3n) is 1.56. The van der Waals surface area contributed by atoms with Crippen LogP contribution in [0.3, 0.4) is 0 Å². The van der Waals surface area contributed by atoms with Crippen LogP contribution in [0.25, 0.3) is 0 Å². The van der Waals surface area contributed by atoms with E-state index in [4.69, 9.17) is 0 Å². The van der Waals surface area contributed by atoms with Gasteiger partial charge in [-0.05, 0) is 22.6 Å². The highest BCUT2D eigenvalue weighted by atomic mass is 127. The predicted octanol–water partition coefficient (Wildman–Crippen LogP) is 3.43. The summed E-state index contributed by atoms with van der Waals surface area (Å²) in [6.45, 7) is 0. The molecule has 8 heteroatoms. The Morgan fingerprint density at radius 1 is 1.67 bits per heavy atom. The number of hydrogen-bond donors (Lipinski definition) is 0. The Kier molecular flexibility index (Phi) is 4.32. The molecular formula is C7H4BrF2IN2O2. The van der Waals surface area contributed by atoms with Gasteiger partial charge in [-0.25, -0.2) is 13.8 Å². The Balaban J connectivity index is 3.40. The van der Waals surface area contributed by atoms with E-state index < -0.39 is 17.0 Å². The van der Waals surface area contributed by atoms with Crippen molar-refractivity contribution in [3.63, 3.8) is 0 Å². The van der Waals surface area contributed by atoms with E-state index in [1.54, 1.807) is 0 Å². The quantitative estimate of drug-likeness (QED) is 0.343. The summed E-state index contributed by atoms with van der Waals surface area (Å²) < 4.78 is 24.9. The summed E-state index contributed by atoms with van der Waals surface area (Å²) in [5.74, 6) is 0. The maximum absolute atomic E-state index is 12.5. The van der Waals surface area contributed by atoms with Gasteiger partial charge in [-0.3, -0.25) is 10.1 Å². The molecule has 0 unspecified atom stereocenters. The van der Waals surface area contributed by atoms with E-state index >= 15 is 0 Å². The zero-order chi connectivity index (χ0) is 11.6. The largest absolute Gasteiger partial charge is 0.286 e. The zero-order valence-electron chi connectivity index (χ0n) is 7.08. The first-order chi connectivity index (χ1) is 6.97. The Morgan fingerprint density at radius 2 is 2.27 bits per heavy atom. The number of nitrogens with zero attached hydrogens (tertiary/aromatic N) is 2.